The molecule has 35 heavy (non-hydrogen) atoms. The minimum Gasteiger partial charge on any atom is -0.340 e. The van der Waals surface area contributed by atoms with E-state index in [0.29, 0.717) is 22.7 Å². The van der Waals surface area contributed by atoms with Crippen molar-refractivity contribution in [2.75, 3.05) is 5.43 Å². The highest BCUT2D eigenvalue weighted by molar-refractivity contribution is 6.35. The number of halogens is 5. The van der Waals surface area contributed by atoms with Crippen molar-refractivity contribution in [1.29, 1.82) is 0 Å². The summed E-state index contributed by atoms with van der Waals surface area (Å²) in [5.41, 5.74) is 3.88. The minimum atomic E-state index is -4.70. The zero-order chi connectivity index (χ0) is 25.3. The maximum atomic E-state index is 12.9. The quantitative estimate of drug-likeness (QED) is 0.161. The van der Waals surface area contributed by atoms with Crippen LogP contribution in [0.15, 0.2) is 65.8 Å². The number of benzene rings is 3. The van der Waals surface area contributed by atoms with Gasteiger partial charge in [-0.05, 0) is 42.8 Å². The number of nitro groups is 1. The molecule has 4 rings (SSSR count). The highest BCUT2D eigenvalue weighted by Gasteiger charge is 2.33. The molecule has 0 radical (unpaired) electrons. The van der Waals surface area contributed by atoms with Crippen LogP contribution in [-0.4, -0.2) is 15.7 Å². The molecule has 11 heteroatoms. The molecule has 0 saturated heterocycles. The Balaban J connectivity index is 1.68. The molecule has 0 atom stereocenters. The summed E-state index contributed by atoms with van der Waals surface area (Å²) in [4.78, 5) is 10.4. The van der Waals surface area contributed by atoms with E-state index >= 15 is 0 Å². The summed E-state index contributed by atoms with van der Waals surface area (Å²) in [5, 5.41) is 17.3. The van der Waals surface area contributed by atoms with Crippen LogP contribution in [0.25, 0.3) is 10.9 Å². The Bertz CT molecular complexity index is 1470. The van der Waals surface area contributed by atoms with E-state index in [1.165, 1.54) is 6.21 Å². The average molecular weight is 521 g/mol. The number of nitrogens with zero attached hydrogens (tertiary/aromatic N) is 3. The van der Waals surface area contributed by atoms with Crippen molar-refractivity contribution in [2.24, 2.45) is 5.10 Å². The predicted octanol–water partition coefficient (Wildman–Crippen LogP) is 7.68. The normalized spacial score (nSPS) is 11.9. The van der Waals surface area contributed by atoms with E-state index in [2.05, 4.69) is 10.5 Å². The fourth-order valence-corrected chi connectivity index (χ4v) is 4.23. The lowest BCUT2D eigenvalue weighted by Crippen LogP contribution is -2.06. The SMILES string of the molecule is Cc1c(/C=N\Nc2ccc(C(F)(F)F)cc2[N+](=O)[O-])c2ccccc2n1Cc1ccc(Cl)cc1Cl. The molecule has 0 amide bonds. The van der Waals surface area contributed by atoms with Crippen LogP contribution in [0.4, 0.5) is 24.5 Å². The van der Waals surface area contributed by atoms with Gasteiger partial charge in [0.2, 0.25) is 0 Å². The van der Waals surface area contributed by atoms with Gasteiger partial charge in [0.25, 0.3) is 5.69 Å². The van der Waals surface area contributed by atoms with E-state index < -0.39 is 22.4 Å². The molecule has 3 aromatic carbocycles. The van der Waals surface area contributed by atoms with Gasteiger partial charge in [-0.1, -0.05) is 47.5 Å². The number of fused-ring (bicyclic) bond motifs is 1. The second-order valence-electron chi connectivity index (χ2n) is 7.69. The van der Waals surface area contributed by atoms with E-state index in [1.54, 1.807) is 12.1 Å². The van der Waals surface area contributed by atoms with Gasteiger partial charge in [-0.25, -0.2) is 0 Å². The molecule has 1 heterocycles. The zero-order valence-electron chi connectivity index (χ0n) is 18.1. The van der Waals surface area contributed by atoms with E-state index in [-0.39, 0.29) is 5.69 Å². The average Bonchev–Trinajstić information content (AvgIpc) is 3.06. The second kappa shape index (κ2) is 9.59. The number of rotatable bonds is 6. The van der Waals surface area contributed by atoms with Crippen LogP contribution >= 0.6 is 23.2 Å². The number of para-hydroxylation sites is 1. The lowest BCUT2D eigenvalue weighted by Gasteiger charge is -2.10. The molecule has 0 bridgehead atoms. The Hall–Kier alpha value is -3.56. The molecular weight excluding hydrogens is 504 g/mol. The summed E-state index contributed by atoms with van der Waals surface area (Å²) >= 11 is 12.4. The van der Waals surface area contributed by atoms with Crippen molar-refractivity contribution in [3.8, 4) is 0 Å². The first-order chi connectivity index (χ1) is 16.6. The Kier molecular flexibility index (Phi) is 6.73. The first kappa shape index (κ1) is 24.6. The Morgan fingerprint density at radius 2 is 1.86 bits per heavy atom. The molecule has 6 nitrogen and oxygen atoms in total. The maximum Gasteiger partial charge on any atom is 0.416 e. The first-order valence-electron chi connectivity index (χ1n) is 10.2. The Morgan fingerprint density at radius 1 is 1.11 bits per heavy atom. The minimum absolute atomic E-state index is 0.159. The molecule has 1 N–H and O–H groups in total. The van der Waals surface area contributed by atoms with Gasteiger partial charge in [0.05, 0.1) is 16.7 Å². The molecule has 0 unspecified atom stereocenters. The van der Waals surface area contributed by atoms with Gasteiger partial charge in [-0.2, -0.15) is 18.3 Å². The van der Waals surface area contributed by atoms with Gasteiger partial charge < -0.3 is 4.57 Å². The van der Waals surface area contributed by atoms with Crippen molar-refractivity contribution in [2.45, 2.75) is 19.6 Å². The molecule has 4 aromatic rings. The summed E-state index contributed by atoms with van der Waals surface area (Å²) in [6, 6.07) is 15.1. The molecule has 0 spiro atoms. The van der Waals surface area contributed by atoms with Crippen LogP contribution in [-0.2, 0) is 12.7 Å². The van der Waals surface area contributed by atoms with E-state index in [1.807, 2.05) is 41.8 Å². The number of nitrogens with one attached hydrogen (secondary N) is 1. The fourth-order valence-electron chi connectivity index (χ4n) is 3.76. The lowest BCUT2D eigenvalue weighted by molar-refractivity contribution is -0.384. The van der Waals surface area contributed by atoms with Crippen molar-refractivity contribution in [1.82, 2.24) is 4.57 Å². The second-order valence-corrected chi connectivity index (χ2v) is 8.54. The number of anilines is 1. The van der Waals surface area contributed by atoms with E-state index in [0.717, 1.165) is 39.9 Å². The van der Waals surface area contributed by atoms with Gasteiger partial charge in [0, 0.05) is 44.8 Å². The van der Waals surface area contributed by atoms with Gasteiger partial charge in [0.1, 0.15) is 5.69 Å². The van der Waals surface area contributed by atoms with Crippen LogP contribution in [0, 0.1) is 17.0 Å². The Morgan fingerprint density at radius 3 is 2.54 bits per heavy atom. The molecule has 180 valence electrons. The van der Waals surface area contributed by atoms with Crippen LogP contribution in [0.1, 0.15) is 22.4 Å². The number of alkyl halides is 3. The summed E-state index contributed by atoms with van der Waals surface area (Å²) < 4.78 is 40.9. The van der Waals surface area contributed by atoms with Crippen LogP contribution < -0.4 is 5.43 Å². The van der Waals surface area contributed by atoms with Crippen molar-refractivity contribution in [3.63, 3.8) is 0 Å². The summed E-state index contributed by atoms with van der Waals surface area (Å²) in [6.07, 6.45) is -3.21. The molecule has 0 aliphatic heterocycles. The lowest BCUT2D eigenvalue weighted by atomic mass is 10.1. The largest absolute Gasteiger partial charge is 0.416 e. The molecule has 0 aliphatic rings. The monoisotopic (exact) mass is 520 g/mol. The summed E-state index contributed by atoms with van der Waals surface area (Å²) in [7, 11) is 0. The number of aromatic nitrogens is 1. The highest BCUT2D eigenvalue weighted by Crippen LogP contribution is 2.35. The summed E-state index contributed by atoms with van der Waals surface area (Å²) in [5.74, 6) is 0. The van der Waals surface area contributed by atoms with Gasteiger partial charge in [0.15, 0.2) is 0 Å². The zero-order valence-corrected chi connectivity index (χ0v) is 19.6. The third kappa shape index (κ3) is 5.11. The molecule has 0 fully saturated rings. The standard InChI is InChI=1S/C24H17Cl2F3N4O2/c1-14-19(12-30-31-21-9-7-16(24(27,28)29)10-23(21)33(34)35)18-4-2-3-5-22(18)32(14)13-15-6-8-17(25)11-20(15)26/h2-12,31H,13H2,1H3/b30-12-. The number of hydrazone groups is 1. The van der Waals surface area contributed by atoms with Crippen molar-refractivity contribution in [3.05, 3.63) is 103 Å². The number of nitro benzene ring substituents is 1. The van der Waals surface area contributed by atoms with Gasteiger partial charge >= 0.3 is 6.18 Å². The van der Waals surface area contributed by atoms with Gasteiger partial charge in [-0.3, -0.25) is 15.5 Å². The van der Waals surface area contributed by atoms with Crippen LogP contribution in [0.2, 0.25) is 10.0 Å². The first-order valence-corrected chi connectivity index (χ1v) is 11.0. The number of hydrogen-bond donors (Lipinski definition) is 1. The predicted molar refractivity (Wildman–Crippen MR) is 132 cm³/mol. The molecule has 0 aliphatic carbocycles. The van der Waals surface area contributed by atoms with Crippen molar-refractivity contribution >= 4 is 51.7 Å². The van der Waals surface area contributed by atoms with E-state index in [9.17, 15) is 23.3 Å². The fraction of sp³-hybridized carbons (Fsp3) is 0.125. The van der Waals surface area contributed by atoms with Gasteiger partial charge in [-0.15, -0.1) is 0 Å². The highest BCUT2D eigenvalue weighted by atomic mass is 35.5. The maximum absolute atomic E-state index is 12.9. The molecule has 0 saturated carbocycles. The topological polar surface area (TPSA) is 72.5 Å². The molecular formula is C24H17Cl2F3N4O2. The van der Waals surface area contributed by atoms with E-state index in [4.69, 9.17) is 23.2 Å². The number of hydrogen-bond acceptors (Lipinski definition) is 4. The summed E-state index contributed by atoms with van der Waals surface area (Å²) in [6.45, 7) is 2.36. The Labute approximate surface area is 207 Å². The third-order valence-corrected chi connectivity index (χ3v) is 6.11. The molecule has 1 aromatic heterocycles. The van der Waals surface area contributed by atoms with Crippen molar-refractivity contribution < 1.29 is 18.1 Å². The smallest absolute Gasteiger partial charge is 0.340 e. The van der Waals surface area contributed by atoms with Crippen LogP contribution in [0.3, 0.4) is 0 Å². The third-order valence-electron chi connectivity index (χ3n) is 5.52. The van der Waals surface area contributed by atoms with Crippen LogP contribution in [0.5, 0.6) is 0 Å².